The zero-order valence-electron chi connectivity index (χ0n) is 12.0. The van der Waals surface area contributed by atoms with Gasteiger partial charge in [0.2, 0.25) is 10.0 Å². The molecule has 1 N–H and O–H groups in total. The first-order chi connectivity index (χ1) is 9.42. The van der Waals surface area contributed by atoms with E-state index in [2.05, 4.69) is 4.90 Å². The van der Waals surface area contributed by atoms with Crippen LogP contribution in [-0.2, 0) is 22.4 Å². The molecule has 6 heteroatoms. The van der Waals surface area contributed by atoms with Crippen LogP contribution in [0.2, 0.25) is 0 Å². The Bertz CT molecular complexity index is 557. The van der Waals surface area contributed by atoms with Gasteiger partial charge < -0.3 is 10.0 Å². The van der Waals surface area contributed by atoms with Crippen LogP contribution in [0, 0.1) is 0 Å². The number of rotatable bonds is 5. The fourth-order valence-electron chi connectivity index (χ4n) is 2.50. The number of hydrogen-bond acceptors (Lipinski definition) is 4. The molecule has 2 rings (SSSR count). The lowest BCUT2D eigenvalue weighted by atomic mass is 10.1. The molecular weight excluding hydrogens is 276 g/mol. The molecule has 0 bridgehead atoms. The molecule has 0 aromatic heterocycles. The first-order valence-electron chi connectivity index (χ1n) is 6.75. The third-order valence-corrected chi connectivity index (χ3v) is 5.59. The fraction of sp³-hybridized carbons (Fsp3) is 0.571. The molecule has 1 saturated heterocycles. The largest absolute Gasteiger partial charge is 0.392 e. The Morgan fingerprint density at radius 3 is 2.65 bits per heavy atom. The first kappa shape index (κ1) is 15.4. The SMILES string of the molecule is CN(C)C1CCN(S(=O)(=O)Cc2cccc(CO)c2)C1. The molecule has 20 heavy (non-hydrogen) atoms. The molecule has 1 unspecified atom stereocenters. The van der Waals surface area contributed by atoms with E-state index in [1.165, 1.54) is 0 Å². The van der Waals surface area contributed by atoms with Crippen molar-refractivity contribution in [3.8, 4) is 0 Å². The molecule has 0 saturated carbocycles. The molecule has 0 amide bonds. The van der Waals surface area contributed by atoms with Gasteiger partial charge in [-0.15, -0.1) is 0 Å². The summed E-state index contributed by atoms with van der Waals surface area (Å²) in [6, 6.07) is 7.40. The van der Waals surface area contributed by atoms with Crippen molar-refractivity contribution in [1.29, 1.82) is 0 Å². The Morgan fingerprint density at radius 2 is 2.05 bits per heavy atom. The smallest absolute Gasteiger partial charge is 0.218 e. The number of aliphatic hydroxyl groups excluding tert-OH is 1. The minimum Gasteiger partial charge on any atom is -0.392 e. The second kappa shape index (κ2) is 6.22. The molecule has 1 aromatic rings. The van der Waals surface area contributed by atoms with E-state index in [1.54, 1.807) is 28.6 Å². The number of nitrogens with zero attached hydrogens (tertiary/aromatic N) is 2. The maximum absolute atomic E-state index is 12.4. The summed E-state index contributed by atoms with van der Waals surface area (Å²) in [5, 5.41) is 9.10. The molecule has 1 aliphatic rings. The van der Waals surface area contributed by atoms with E-state index in [4.69, 9.17) is 5.11 Å². The Balaban J connectivity index is 2.08. The lowest BCUT2D eigenvalue weighted by molar-refractivity contribution is 0.281. The first-order valence-corrected chi connectivity index (χ1v) is 8.36. The van der Waals surface area contributed by atoms with Gasteiger partial charge in [-0.1, -0.05) is 24.3 Å². The average Bonchev–Trinajstić information content (AvgIpc) is 2.89. The minimum absolute atomic E-state index is 0.000981. The van der Waals surface area contributed by atoms with Crippen molar-refractivity contribution in [3.63, 3.8) is 0 Å². The van der Waals surface area contributed by atoms with Crippen LogP contribution in [0.15, 0.2) is 24.3 Å². The molecule has 1 fully saturated rings. The zero-order valence-corrected chi connectivity index (χ0v) is 12.8. The summed E-state index contributed by atoms with van der Waals surface area (Å²) in [7, 11) is 0.676. The summed E-state index contributed by atoms with van der Waals surface area (Å²) >= 11 is 0. The van der Waals surface area contributed by atoms with Gasteiger partial charge in [0.05, 0.1) is 12.4 Å². The number of aliphatic hydroxyl groups is 1. The lowest BCUT2D eigenvalue weighted by Crippen LogP contribution is -2.35. The molecular formula is C14H22N2O3S. The number of likely N-dealkylation sites (N-methyl/N-ethyl adjacent to an activating group) is 1. The van der Waals surface area contributed by atoms with Crippen LogP contribution in [0.5, 0.6) is 0 Å². The maximum atomic E-state index is 12.4. The third kappa shape index (κ3) is 3.58. The molecule has 1 aliphatic heterocycles. The quantitative estimate of drug-likeness (QED) is 0.867. The van der Waals surface area contributed by atoms with Crippen molar-refractivity contribution in [2.75, 3.05) is 27.2 Å². The van der Waals surface area contributed by atoms with Crippen LogP contribution in [0.3, 0.4) is 0 Å². The van der Waals surface area contributed by atoms with Gasteiger partial charge >= 0.3 is 0 Å². The highest BCUT2D eigenvalue weighted by molar-refractivity contribution is 7.88. The van der Waals surface area contributed by atoms with Gasteiger partial charge in [0.15, 0.2) is 0 Å². The van der Waals surface area contributed by atoms with Gasteiger partial charge in [-0.2, -0.15) is 0 Å². The summed E-state index contributed by atoms with van der Waals surface area (Å²) in [4.78, 5) is 2.07. The third-order valence-electron chi connectivity index (χ3n) is 3.77. The highest BCUT2D eigenvalue weighted by Gasteiger charge is 2.32. The Labute approximate surface area is 120 Å². The second-order valence-electron chi connectivity index (χ2n) is 5.50. The van der Waals surface area contributed by atoms with Crippen LogP contribution < -0.4 is 0 Å². The van der Waals surface area contributed by atoms with Gasteiger partial charge in [-0.25, -0.2) is 12.7 Å². The standard InChI is InChI=1S/C14H22N2O3S/c1-15(2)14-6-7-16(9-14)20(18,19)11-13-5-3-4-12(8-13)10-17/h3-5,8,14,17H,6-7,9-11H2,1-2H3. The normalized spacial score (nSPS) is 20.7. The van der Waals surface area contributed by atoms with Crippen molar-refractivity contribution in [2.24, 2.45) is 0 Å². The number of benzene rings is 1. The van der Waals surface area contributed by atoms with Gasteiger partial charge in [0, 0.05) is 19.1 Å². The van der Waals surface area contributed by atoms with Crippen LogP contribution in [0.4, 0.5) is 0 Å². The predicted octanol–water partition coefficient (Wildman–Crippen LogP) is 0.645. The Morgan fingerprint density at radius 1 is 1.35 bits per heavy atom. The molecule has 112 valence electrons. The van der Waals surface area contributed by atoms with E-state index in [9.17, 15) is 8.42 Å². The van der Waals surface area contributed by atoms with E-state index in [0.29, 0.717) is 19.1 Å². The van der Waals surface area contributed by atoms with Gasteiger partial charge in [-0.3, -0.25) is 0 Å². The van der Waals surface area contributed by atoms with Crippen molar-refractivity contribution < 1.29 is 13.5 Å². The highest BCUT2D eigenvalue weighted by Crippen LogP contribution is 2.20. The molecule has 5 nitrogen and oxygen atoms in total. The van der Waals surface area contributed by atoms with Crippen LogP contribution >= 0.6 is 0 Å². The zero-order chi connectivity index (χ0) is 14.8. The van der Waals surface area contributed by atoms with Gasteiger partial charge in [-0.05, 0) is 31.6 Å². The average molecular weight is 298 g/mol. The van der Waals surface area contributed by atoms with Crippen molar-refractivity contribution in [3.05, 3.63) is 35.4 Å². The van der Waals surface area contributed by atoms with Crippen molar-refractivity contribution >= 4 is 10.0 Å². The summed E-state index contributed by atoms with van der Waals surface area (Å²) in [5.41, 5.74) is 1.47. The summed E-state index contributed by atoms with van der Waals surface area (Å²) in [6.45, 7) is 1.08. The highest BCUT2D eigenvalue weighted by atomic mass is 32.2. The second-order valence-corrected chi connectivity index (χ2v) is 7.47. The molecule has 1 heterocycles. The lowest BCUT2D eigenvalue weighted by Gasteiger charge is -2.20. The number of sulfonamides is 1. The molecule has 0 radical (unpaired) electrons. The van der Waals surface area contributed by atoms with E-state index >= 15 is 0 Å². The minimum atomic E-state index is -3.28. The van der Waals surface area contributed by atoms with Crippen LogP contribution in [0.1, 0.15) is 17.5 Å². The van der Waals surface area contributed by atoms with Crippen LogP contribution in [-0.4, -0.2) is 56.0 Å². The summed E-state index contributed by atoms with van der Waals surface area (Å²) in [6.07, 6.45) is 0.878. The number of hydrogen-bond donors (Lipinski definition) is 1. The van der Waals surface area contributed by atoms with E-state index in [1.807, 2.05) is 14.1 Å². The maximum Gasteiger partial charge on any atom is 0.218 e. The van der Waals surface area contributed by atoms with Crippen molar-refractivity contribution in [2.45, 2.75) is 24.8 Å². The molecule has 0 spiro atoms. The fourth-order valence-corrected chi connectivity index (χ4v) is 4.07. The molecule has 1 aromatic carbocycles. The Kier molecular flexibility index (Phi) is 4.80. The topological polar surface area (TPSA) is 60.9 Å². The summed E-state index contributed by atoms with van der Waals surface area (Å²) in [5.74, 6) is 0.000981. The predicted molar refractivity (Wildman–Crippen MR) is 78.7 cm³/mol. The van der Waals surface area contributed by atoms with Gasteiger partial charge in [0.1, 0.15) is 0 Å². The van der Waals surface area contributed by atoms with E-state index in [-0.39, 0.29) is 12.4 Å². The van der Waals surface area contributed by atoms with E-state index in [0.717, 1.165) is 17.5 Å². The van der Waals surface area contributed by atoms with Crippen LogP contribution in [0.25, 0.3) is 0 Å². The Hall–Kier alpha value is -0.950. The van der Waals surface area contributed by atoms with Crippen molar-refractivity contribution in [1.82, 2.24) is 9.21 Å². The molecule has 0 aliphatic carbocycles. The molecule has 1 atom stereocenters. The van der Waals surface area contributed by atoms with E-state index < -0.39 is 10.0 Å². The van der Waals surface area contributed by atoms with Gasteiger partial charge in [0.25, 0.3) is 0 Å². The monoisotopic (exact) mass is 298 g/mol. The summed E-state index contributed by atoms with van der Waals surface area (Å²) < 4.78 is 26.4.